The molecule has 0 saturated heterocycles. The van der Waals surface area contributed by atoms with Crippen molar-refractivity contribution in [1.29, 1.82) is 0 Å². The molecule has 0 fully saturated rings. The second-order valence-corrected chi connectivity index (χ2v) is 1.29. The first-order valence-corrected chi connectivity index (χ1v) is 2.30. The Morgan fingerprint density at radius 3 is 2.44 bits per heavy atom. The fourth-order valence-corrected chi connectivity index (χ4v) is 0.274. The van der Waals surface area contributed by atoms with Crippen molar-refractivity contribution in [2.24, 2.45) is 0 Å². The minimum absolute atomic E-state index is 0. The van der Waals surface area contributed by atoms with Gasteiger partial charge in [-0.3, -0.25) is 4.79 Å². The maximum absolute atomic E-state index is 9.73. The number of aliphatic hydroxyl groups is 1. The molecule has 0 rings (SSSR count). The quantitative estimate of drug-likeness (QED) is 0.364. The van der Waals surface area contributed by atoms with Gasteiger partial charge in [-0.1, -0.05) is 0 Å². The van der Waals surface area contributed by atoms with E-state index in [2.05, 4.69) is 5.32 Å². The van der Waals surface area contributed by atoms with Gasteiger partial charge in [0, 0.05) is 6.54 Å². The average molecular weight is 136 g/mol. The van der Waals surface area contributed by atoms with Crippen LogP contribution in [0.2, 0.25) is 0 Å². The van der Waals surface area contributed by atoms with Crippen molar-refractivity contribution in [3.05, 3.63) is 0 Å². The largest absolute Gasteiger partial charge is 0.480 e. The number of carbonyl (C=O) groups is 1. The van der Waals surface area contributed by atoms with E-state index in [1.54, 1.807) is 0 Å². The first-order chi connectivity index (χ1) is 3.77. The lowest BCUT2D eigenvalue weighted by Gasteiger charge is -1.93. The summed E-state index contributed by atoms with van der Waals surface area (Å²) in [5, 5.41) is 18.6. The predicted octanol–water partition coefficient (Wildman–Crippen LogP) is -1.19. The van der Waals surface area contributed by atoms with Gasteiger partial charge in [0.15, 0.2) is 0 Å². The summed E-state index contributed by atoms with van der Waals surface area (Å²) in [5.74, 6) is -0.904. The highest BCUT2D eigenvalue weighted by molar-refractivity contribution is 5.68. The van der Waals surface area contributed by atoms with Crippen LogP contribution in [0.4, 0.5) is 0 Å². The van der Waals surface area contributed by atoms with Crippen LogP contribution < -0.4 is 11.5 Å². The third-order valence-electron chi connectivity index (χ3n) is 0.565. The van der Waals surface area contributed by atoms with Crippen molar-refractivity contribution in [2.75, 3.05) is 19.7 Å². The van der Waals surface area contributed by atoms with E-state index in [0.29, 0.717) is 6.54 Å². The monoisotopic (exact) mass is 136 g/mol. The van der Waals surface area contributed by atoms with Gasteiger partial charge in [0.05, 0.1) is 13.2 Å². The highest BCUT2D eigenvalue weighted by Gasteiger charge is 1.91. The number of rotatable bonds is 4. The van der Waals surface area contributed by atoms with Crippen LogP contribution in [0.25, 0.3) is 0 Å². The predicted molar refractivity (Wildman–Crippen MR) is 32.6 cm³/mol. The van der Waals surface area contributed by atoms with Gasteiger partial charge >= 0.3 is 5.97 Å². The van der Waals surface area contributed by atoms with E-state index >= 15 is 0 Å². The zero-order valence-corrected chi connectivity index (χ0v) is 5.13. The van der Waals surface area contributed by atoms with Crippen molar-refractivity contribution in [2.45, 2.75) is 0 Å². The smallest absolute Gasteiger partial charge is 0.317 e. The molecule has 0 aliphatic heterocycles. The maximum Gasteiger partial charge on any atom is 0.317 e. The summed E-state index contributed by atoms with van der Waals surface area (Å²) >= 11 is 0. The lowest BCUT2D eigenvalue weighted by Crippen LogP contribution is -2.25. The number of carboxylic acids is 1. The number of aliphatic hydroxyl groups excluding tert-OH is 1. The normalized spacial score (nSPS) is 8.11. The van der Waals surface area contributed by atoms with Crippen LogP contribution in [0.1, 0.15) is 0 Å². The SMILES string of the molecule is N.O=C(O)CNCCO. The highest BCUT2D eigenvalue weighted by atomic mass is 16.4. The van der Waals surface area contributed by atoms with Gasteiger partial charge < -0.3 is 21.7 Å². The first-order valence-electron chi connectivity index (χ1n) is 2.30. The Morgan fingerprint density at radius 1 is 1.56 bits per heavy atom. The van der Waals surface area contributed by atoms with E-state index in [1.165, 1.54) is 0 Å². The van der Waals surface area contributed by atoms with Crippen LogP contribution in [0.15, 0.2) is 0 Å². The Labute approximate surface area is 53.3 Å². The molecule has 0 atom stereocenters. The summed E-state index contributed by atoms with van der Waals surface area (Å²) in [6.45, 7) is 0.236. The first kappa shape index (κ1) is 11.2. The third-order valence-corrected chi connectivity index (χ3v) is 0.565. The van der Waals surface area contributed by atoms with E-state index in [0.717, 1.165) is 0 Å². The number of nitrogens with one attached hydrogen (secondary N) is 1. The summed E-state index contributed by atoms with van der Waals surface area (Å²) in [4.78, 5) is 9.73. The van der Waals surface area contributed by atoms with Crippen LogP contribution in [0, 0.1) is 0 Å². The van der Waals surface area contributed by atoms with Gasteiger partial charge in [0.2, 0.25) is 0 Å². The zero-order chi connectivity index (χ0) is 6.41. The summed E-state index contributed by atoms with van der Waals surface area (Å²) in [5.41, 5.74) is 0. The molecule has 56 valence electrons. The lowest BCUT2D eigenvalue weighted by molar-refractivity contribution is -0.135. The Morgan fingerprint density at radius 2 is 2.11 bits per heavy atom. The molecule has 0 radical (unpaired) electrons. The molecule has 0 aromatic carbocycles. The minimum Gasteiger partial charge on any atom is -0.480 e. The molecule has 0 aliphatic rings. The number of hydrogen-bond donors (Lipinski definition) is 4. The van der Waals surface area contributed by atoms with E-state index in [4.69, 9.17) is 10.2 Å². The molecular weight excluding hydrogens is 124 g/mol. The number of carboxylic acid groups (broad SMARTS) is 1. The molecule has 0 aliphatic carbocycles. The standard InChI is InChI=1S/C4H9NO3.H3N/c6-2-1-5-3-4(7)8;/h5-6H,1-3H2,(H,7,8);1H3. The second-order valence-electron chi connectivity index (χ2n) is 1.29. The van der Waals surface area contributed by atoms with Crippen molar-refractivity contribution >= 4 is 5.97 Å². The molecule has 0 heterocycles. The highest BCUT2D eigenvalue weighted by Crippen LogP contribution is 1.58. The van der Waals surface area contributed by atoms with Crippen molar-refractivity contribution in [3.63, 3.8) is 0 Å². The molecule has 5 nitrogen and oxygen atoms in total. The zero-order valence-electron chi connectivity index (χ0n) is 5.13. The topological polar surface area (TPSA) is 105 Å². The van der Waals surface area contributed by atoms with Crippen LogP contribution in [0.3, 0.4) is 0 Å². The van der Waals surface area contributed by atoms with Gasteiger partial charge in [0.1, 0.15) is 0 Å². The van der Waals surface area contributed by atoms with Crippen LogP contribution >= 0.6 is 0 Å². The number of hydrogen-bond acceptors (Lipinski definition) is 4. The molecular formula is C4H12N2O3. The average Bonchev–Trinajstić information content (AvgIpc) is 1.66. The summed E-state index contributed by atoms with van der Waals surface area (Å²) in [7, 11) is 0. The second kappa shape index (κ2) is 7.35. The van der Waals surface area contributed by atoms with E-state index in [-0.39, 0.29) is 19.3 Å². The summed E-state index contributed by atoms with van der Waals surface area (Å²) < 4.78 is 0. The molecule has 9 heavy (non-hydrogen) atoms. The van der Waals surface area contributed by atoms with Gasteiger partial charge in [-0.05, 0) is 0 Å². The minimum atomic E-state index is -0.904. The lowest BCUT2D eigenvalue weighted by atomic mass is 10.6. The van der Waals surface area contributed by atoms with E-state index < -0.39 is 5.97 Å². The Hall–Kier alpha value is -0.650. The Kier molecular flexibility index (Phi) is 9.14. The van der Waals surface area contributed by atoms with Crippen molar-refractivity contribution in [3.8, 4) is 0 Å². The van der Waals surface area contributed by atoms with Gasteiger partial charge in [-0.2, -0.15) is 0 Å². The van der Waals surface area contributed by atoms with Crippen molar-refractivity contribution < 1.29 is 15.0 Å². The van der Waals surface area contributed by atoms with Gasteiger partial charge in [-0.15, -0.1) is 0 Å². The fraction of sp³-hybridized carbons (Fsp3) is 0.750. The van der Waals surface area contributed by atoms with Crippen LogP contribution in [0.5, 0.6) is 0 Å². The van der Waals surface area contributed by atoms with Crippen LogP contribution in [-0.4, -0.2) is 35.9 Å². The fourth-order valence-electron chi connectivity index (χ4n) is 0.274. The van der Waals surface area contributed by atoms with Crippen molar-refractivity contribution in [1.82, 2.24) is 11.5 Å². The summed E-state index contributed by atoms with van der Waals surface area (Å²) in [6, 6.07) is 0. The summed E-state index contributed by atoms with van der Waals surface area (Å²) in [6.07, 6.45) is 0. The third kappa shape index (κ3) is 11.1. The molecule has 0 bridgehead atoms. The molecule has 6 N–H and O–H groups in total. The number of aliphatic carboxylic acids is 1. The van der Waals surface area contributed by atoms with Crippen LogP contribution in [-0.2, 0) is 4.79 Å². The molecule has 0 unspecified atom stereocenters. The Bertz CT molecular complexity index is 76.2. The van der Waals surface area contributed by atoms with Gasteiger partial charge in [-0.25, -0.2) is 0 Å². The molecule has 0 amide bonds. The maximum atomic E-state index is 9.73. The molecule has 5 heteroatoms. The molecule has 0 saturated carbocycles. The van der Waals surface area contributed by atoms with Gasteiger partial charge in [0.25, 0.3) is 0 Å². The molecule has 0 spiro atoms. The van der Waals surface area contributed by atoms with E-state index in [9.17, 15) is 4.79 Å². The molecule has 0 aromatic rings. The van der Waals surface area contributed by atoms with E-state index in [1.807, 2.05) is 0 Å². The molecule has 0 aromatic heterocycles. The Balaban J connectivity index is 0.